The molecule has 3 aromatic rings. The highest BCUT2D eigenvalue weighted by molar-refractivity contribution is 7.90. The Morgan fingerprint density at radius 2 is 1.94 bits per heavy atom. The van der Waals surface area contributed by atoms with Crippen molar-refractivity contribution in [3.8, 4) is 5.75 Å². The van der Waals surface area contributed by atoms with Gasteiger partial charge in [-0.15, -0.1) is 11.3 Å². The summed E-state index contributed by atoms with van der Waals surface area (Å²) in [5.41, 5.74) is 2.91. The highest BCUT2D eigenvalue weighted by atomic mass is 35.5. The molecule has 0 radical (unpaired) electrons. The monoisotopic (exact) mass is 534 g/mol. The fourth-order valence-corrected chi connectivity index (χ4v) is 5.52. The SMILES string of the molecule is Cc1ccc(Cl)cc1N1CCOc2cc(S(=O)(=O)Cc3nccs3)ccc21.O=C(O)C(F)(F)F. The first-order valence-corrected chi connectivity index (χ1v) is 12.5. The first kappa shape index (κ1) is 25.8. The summed E-state index contributed by atoms with van der Waals surface area (Å²) in [6.07, 6.45) is -3.48. The van der Waals surface area contributed by atoms with Gasteiger partial charge in [0.1, 0.15) is 23.1 Å². The molecule has 13 heteroatoms. The number of ether oxygens (including phenoxy) is 1. The van der Waals surface area contributed by atoms with Gasteiger partial charge in [0.25, 0.3) is 0 Å². The van der Waals surface area contributed by atoms with Gasteiger partial charge in [0.15, 0.2) is 9.84 Å². The van der Waals surface area contributed by atoms with Crippen LogP contribution in [0.25, 0.3) is 0 Å². The number of halogens is 4. The topological polar surface area (TPSA) is 96.8 Å². The number of rotatable bonds is 4. The van der Waals surface area contributed by atoms with Gasteiger partial charge in [0, 0.05) is 28.4 Å². The summed E-state index contributed by atoms with van der Waals surface area (Å²) >= 11 is 7.51. The van der Waals surface area contributed by atoms with E-state index in [4.69, 9.17) is 26.2 Å². The molecule has 1 aromatic heterocycles. The highest BCUT2D eigenvalue weighted by Gasteiger charge is 2.38. The molecular formula is C21H18ClF3N2O5S2. The number of hydrogen-bond acceptors (Lipinski definition) is 7. The zero-order valence-corrected chi connectivity index (χ0v) is 19.9. The van der Waals surface area contributed by atoms with E-state index < -0.39 is 22.0 Å². The maximum atomic E-state index is 12.7. The van der Waals surface area contributed by atoms with E-state index in [0.29, 0.717) is 28.9 Å². The molecule has 34 heavy (non-hydrogen) atoms. The van der Waals surface area contributed by atoms with Gasteiger partial charge in [-0.2, -0.15) is 13.2 Å². The lowest BCUT2D eigenvalue weighted by Crippen LogP contribution is -2.29. The van der Waals surface area contributed by atoms with Crippen molar-refractivity contribution in [1.29, 1.82) is 0 Å². The molecule has 0 unspecified atom stereocenters. The number of carboxylic acid groups (broad SMARTS) is 1. The average Bonchev–Trinajstić information content (AvgIpc) is 3.27. The fraction of sp³-hybridized carbons (Fsp3) is 0.238. The van der Waals surface area contributed by atoms with Crippen molar-refractivity contribution in [3.05, 3.63) is 63.6 Å². The van der Waals surface area contributed by atoms with Gasteiger partial charge < -0.3 is 14.7 Å². The minimum Gasteiger partial charge on any atom is -0.489 e. The van der Waals surface area contributed by atoms with Gasteiger partial charge in [0.05, 0.1) is 17.1 Å². The minimum absolute atomic E-state index is 0.111. The Morgan fingerprint density at radius 3 is 2.56 bits per heavy atom. The molecule has 1 aliphatic heterocycles. The number of aryl methyl sites for hydroxylation is 1. The van der Waals surface area contributed by atoms with Crippen molar-refractivity contribution >= 4 is 50.1 Å². The van der Waals surface area contributed by atoms with Gasteiger partial charge in [-0.3, -0.25) is 0 Å². The van der Waals surface area contributed by atoms with Crippen LogP contribution in [0.1, 0.15) is 10.6 Å². The van der Waals surface area contributed by atoms with Crippen LogP contribution in [-0.2, 0) is 20.4 Å². The van der Waals surface area contributed by atoms with E-state index >= 15 is 0 Å². The van der Waals surface area contributed by atoms with Crippen LogP contribution in [0.5, 0.6) is 5.75 Å². The number of benzene rings is 2. The molecule has 0 saturated heterocycles. The molecule has 0 aliphatic carbocycles. The van der Waals surface area contributed by atoms with Crippen LogP contribution in [-0.4, -0.2) is 43.8 Å². The van der Waals surface area contributed by atoms with Crippen LogP contribution in [0.3, 0.4) is 0 Å². The Balaban J connectivity index is 0.000000406. The van der Waals surface area contributed by atoms with Gasteiger partial charge in [-0.05, 0) is 36.8 Å². The number of thiazole rings is 1. The normalized spacial score (nSPS) is 13.4. The lowest BCUT2D eigenvalue weighted by atomic mass is 10.1. The lowest BCUT2D eigenvalue weighted by Gasteiger charge is -2.32. The number of carboxylic acids is 1. The van der Waals surface area contributed by atoms with Crippen molar-refractivity contribution in [2.24, 2.45) is 0 Å². The van der Waals surface area contributed by atoms with E-state index in [1.54, 1.807) is 29.8 Å². The van der Waals surface area contributed by atoms with Crippen molar-refractivity contribution in [2.75, 3.05) is 18.1 Å². The summed E-state index contributed by atoms with van der Waals surface area (Å²) < 4.78 is 62.9. The maximum Gasteiger partial charge on any atom is 0.490 e. The standard InChI is InChI=1S/C19H17ClN2O3S2.C2HF3O2/c1-13-2-3-14(20)10-17(13)22-7-8-25-18-11-15(4-5-16(18)22)27(23,24)12-19-21-6-9-26-19;3-2(4,5)1(6)7/h2-6,9-11H,7-8,12H2,1H3;(H,6,7). The summed E-state index contributed by atoms with van der Waals surface area (Å²) in [5.74, 6) is -2.31. The highest BCUT2D eigenvalue weighted by Crippen LogP contribution is 2.40. The Bertz CT molecular complexity index is 1280. The first-order valence-electron chi connectivity index (χ1n) is 9.60. The number of anilines is 2. The van der Waals surface area contributed by atoms with Crippen LogP contribution in [0.15, 0.2) is 52.9 Å². The molecule has 0 fully saturated rings. The first-order chi connectivity index (χ1) is 15.9. The van der Waals surface area contributed by atoms with E-state index in [-0.39, 0.29) is 10.6 Å². The Kier molecular flexibility index (Phi) is 7.74. The molecular weight excluding hydrogens is 517 g/mol. The van der Waals surface area contributed by atoms with E-state index in [1.807, 2.05) is 25.1 Å². The zero-order chi connectivity index (χ0) is 25.1. The molecule has 1 N–H and O–H groups in total. The number of fused-ring (bicyclic) bond motifs is 1. The predicted molar refractivity (Wildman–Crippen MR) is 122 cm³/mol. The van der Waals surface area contributed by atoms with Crippen LogP contribution in [0, 0.1) is 6.92 Å². The zero-order valence-electron chi connectivity index (χ0n) is 17.5. The second-order valence-electron chi connectivity index (χ2n) is 7.05. The second kappa shape index (κ2) is 10.2. The lowest BCUT2D eigenvalue weighted by molar-refractivity contribution is -0.192. The summed E-state index contributed by atoms with van der Waals surface area (Å²) in [7, 11) is -3.49. The average molecular weight is 535 g/mol. The molecule has 1 aliphatic rings. The van der Waals surface area contributed by atoms with Gasteiger partial charge in [-0.25, -0.2) is 18.2 Å². The molecule has 2 heterocycles. The molecule has 0 saturated carbocycles. The van der Waals surface area contributed by atoms with Crippen molar-refractivity contribution in [3.63, 3.8) is 0 Å². The molecule has 4 rings (SSSR count). The third kappa shape index (κ3) is 6.19. The number of hydrogen-bond donors (Lipinski definition) is 1. The quantitative estimate of drug-likeness (QED) is 0.488. The van der Waals surface area contributed by atoms with Crippen molar-refractivity contribution < 1.29 is 36.2 Å². The number of aromatic nitrogens is 1. The predicted octanol–water partition coefficient (Wildman–Crippen LogP) is 5.24. The molecule has 0 spiro atoms. The number of nitrogens with zero attached hydrogens (tertiary/aromatic N) is 2. The summed E-state index contributed by atoms with van der Waals surface area (Å²) in [6, 6.07) is 10.8. The third-order valence-electron chi connectivity index (χ3n) is 4.66. The second-order valence-corrected chi connectivity index (χ2v) is 10.5. The fourth-order valence-electron chi connectivity index (χ4n) is 3.09. The van der Waals surface area contributed by atoms with Crippen LogP contribution >= 0.6 is 22.9 Å². The van der Waals surface area contributed by atoms with Gasteiger partial charge in [-0.1, -0.05) is 17.7 Å². The van der Waals surface area contributed by atoms with E-state index in [9.17, 15) is 21.6 Å². The van der Waals surface area contributed by atoms with Crippen molar-refractivity contribution in [1.82, 2.24) is 4.98 Å². The Hall–Kier alpha value is -2.83. The largest absolute Gasteiger partial charge is 0.490 e. The van der Waals surface area contributed by atoms with E-state index in [1.165, 1.54) is 11.3 Å². The molecule has 0 bridgehead atoms. The van der Waals surface area contributed by atoms with E-state index in [2.05, 4.69) is 9.88 Å². The third-order valence-corrected chi connectivity index (χ3v) is 7.48. The van der Waals surface area contributed by atoms with Gasteiger partial charge >= 0.3 is 12.1 Å². The molecule has 0 amide bonds. The van der Waals surface area contributed by atoms with Crippen LogP contribution in [0.4, 0.5) is 24.5 Å². The number of carbonyl (C=O) groups is 1. The summed E-state index contributed by atoms with van der Waals surface area (Å²) in [5, 5.41) is 10.1. The summed E-state index contributed by atoms with van der Waals surface area (Å²) in [4.78, 5) is 15.3. The Labute approximate surface area is 202 Å². The molecule has 2 aromatic carbocycles. The number of aliphatic carboxylic acids is 1. The summed E-state index contributed by atoms with van der Waals surface area (Å²) in [6.45, 7) is 3.15. The van der Waals surface area contributed by atoms with Crippen LogP contribution in [0.2, 0.25) is 5.02 Å². The molecule has 0 atom stereocenters. The number of sulfone groups is 1. The Morgan fingerprint density at radius 1 is 1.24 bits per heavy atom. The van der Waals surface area contributed by atoms with Crippen molar-refractivity contribution in [2.45, 2.75) is 23.7 Å². The molecule has 182 valence electrons. The molecule has 7 nitrogen and oxygen atoms in total. The van der Waals surface area contributed by atoms with Crippen LogP contribution < -0.4 is 9.64 Å². The van der Waals surface area contributed by atoms with E-state index in [0.717, 1.165) is 16.9 Å². The minimum atomic E-state index is -5.08. The smallest absolute Gasteiger partial charge is 0.489 e. The van der Waals surface area contributed by atoms with Gasteiger partial charge in [0.2, 0.25) is 0 Å². The maximum absolute atomic E-state index is 12.7. The number of alkyl halides is 3.